The molecule has 1 fully saturated rings. The molecular weight excluding hydrogens is 454 g/mol. The minimum absolute atomic E-state index is 0.0775. The van der Waals surface area contributed by atoms with E-state index in [0.29, 0.717) is 25.7 Å². The van der Waals surface area contributed by atoms with Gasteiger partial charge in [-0.1, -0.05) is 19.1 Å². The normalized spacial score (nSPS) is 22.3. The van der Waals surface area contributed by atoms with Crippen LogP contribution in [0.4, 0.5) is 5.82 Å². The van der Waals surface area contributed by atoms with Crippen LogP contribution < -0.4 is 10.1 Å². The molecule has 2 N–H and O–H groups in total. The second kappa shape index (κ2) is 11.2. The Morgan fingerprint density at radius 3 is 3.08 bits per heavy atom. The van der Waals surface area contributed by atoms with Gasteiger partial charge in [0.05, 0.1) is 12.7 Å². The molecule has 0 radical (unpaired) electrons. The van der Waals surface area contributed by atoms with Gasteiger partial charge in [-0.05, 0) is 92.2 Å². The number of nitrogens with one attached hydrogen (secondary N) is 1. The van der Waals surface area contributed by atoms with Crippen molar-refractivity contribution in [2.75, 3.05) is 38.2 Å². The summed E-state index contributed by atoms with van der Waals surface area (Å²) in [7, 11) is 0. The van der Waals surface area contributed by atoms with Crippen LogP contribution in [0, 0.1) is 12.8 Å². The van der Waals surface area contributed by atoms with E-state index in [2.05, 4.69) is 29.3 Å². The summed E-state index contributed by atoms with van der Waals surface area (Å²) in [6, 6.07) is 7.78. The van der Waals surface area contributed by atoms with Crippen molar-refractivity contribution in [2.24, 2.45) is 5.92 Å². The molecule has 36 heavy (non-hydrogen) atoms. The molecule has 2 aromatic rings. The van der Waals surface area contributed by atoms with E-state index in [1.165, 1.54) is 12.0 Å². The predicted molar refractivity (Wildman–Crippen MR) is 140 cm³/mol. The largest absolute Gasteiger partial charge is 0.493 e. The molecule has 0 bridgehead atoms. The van der Waals surface area contributed by atoms with Gasteiger partial charge in [0.1, 0.15) is 17.6 Å². The average molecular weight is 494 g/mol. The quantitative estimate of drug-likeness (QED) is 0.496. The highest BCUT2D eigenvalue weighted by Crippen LogP contribution is 2.38. The number of pyridine rings is 1. The van der Waals surface area contributed by atoms with Gasteiger partial charge in [-0.25, -0.2) is 4.98 Å². The van der Waals surface area contributed by atoms with Gasteiger partial charge in [0.2, 0.25) is 0 Å². The maximum Gasteiger partial charge on any atom is 0.325 e. The molecular formula is C29H39N3O4. The van der Waals surface area contributed by atoms with Gasteiger partial charge in [0, 0.05) is 31.9 Å². The molecule has 3 aliphatic heterocycles. The highest BCUT2D eigenvalue weighted by Gasteiger charge is 2.36. The number of carbonyl (C=O) groups is 1. The molecule has 4 heterocycles. The maximum absolute atomic E-state index is 12.5. The molecule has 194 valence electrons. The van der Waals surface area contributed by atoms with Gasteiger partial charge in [-0.15, -0.1) is 0 Å². The van der Waals surface area contributed by atoms with Crippen LogP contribution in [0.1, 0.15) is 66.6 Å². The van der Waals surface area contributed by atoms with Crippen molar-refractivity contribution in [1.29, 1.82) is 0 Å². The van der Waals surface area contributed by atoms with Crippen LogP contribution in [0.5, 0.6) is 5.75 Å². The zero-order chi connectivity index (χ0) is 25.1. The lowest BCUT2D eigenvalue weighted by atomic mass is 9.89. The number of aryl methyl sites for hydroxylation is 3. The summed E-state index contributed by atoms with van der Waals surface area (Å²) in [5.41, 5.74) is 5.45. The fourth-order valence-corrected chi connectivity index (χ4v) is 5.82. The SMILES string of the molecule is Cc1cc2c(c([C@@H](C(=O)O)N3CC[C@@H](OCCCCc4ccc5c(n4)NCCC5)C3)c1)C[C@@H](C)CO2. The highest BCUT2D eigenvalue weighted by molar-refractivity contribution is 5.77. The molecule has 3 aliphatic rings. The van der Waals surface area contributed by atoms with Crippen LogP contribution in [0.15, 0.2) is 24.3 Å². The molecule has 5 rings (SSSR count). The fourth-order valence-electron chi connectivity index (χ4n) is 5.82. The second-order valence-electron chi connectivity index (χ2n) is 10.8. The van der Waals surface area contributed by atoms with Crippen molar-refractivity contribution in [1.82, 2.24) is 9.88 Å². The third-order valence-electron chi connectivity index (χ3n) is 7.67. The number of fused-ring (bicyclic) bond motifs is 2. The third-order valence-corrected chi connectivity index (χ3v) is 7.67. The van der Waals surface area contributed by atoms with Crippen molar-refractivity contribution in [3.63, 3.8) is 0 Å². The van der Waals surface area contributed by atoms with Crippen molar-refractivity contribution in [2.45, 2.75) is 70.9 Å². The van der Waals surface area contributed by atoms with E-state index in [1.54, 1.807) is 0 Å². The van der Waals surface area contributed by atoms with E-state index < -0.39 is 12.0 Å². The van der Waals surface area contributed by atoms with Crippen LogP contribution in [0.2, 0.25) is 0 Å². The first-order valence-electron chi connectivity index (χ1n) is 13.6. The minimum Gasteiger partial charge on any atom is -0.493 e. The Bertz CT molecular complexity index is 1090. The molecule has 7 nitrogen and oxygen atoms in total. The lowest BCUT2D eigenvalue weighted by Crippen LogP contribution is -2.35. The predicted octanol–water partition coefficient (Wildman–Crippen LogP) is 4.56. The number of anilines is 1. The van der Waals surface area contributed by atoms with Crippen LogP contribution >= 0.6 is 0 Å². The van der Waals surface area contributed by atoms with E-state index in [4.69, 9.17) is 14.5 Å². The number of rotatable bonds is 9. The number of benzene rings is 1. The Kier molecular flexibility index (Phi) is 7.77. The maximum atomic E-state index is 12.5. The van der Waals surface area contributed by atoms with Gasteiger partial charge >= 0.3 is 5.97 Å². The number of hydrogen-bond acceptors (Lipinski definition) is 6. The van der Waals surface area contributed by atoms with Crippen LogP contribution in [-0.2, 0) is 28.8 Å². The van der Waals surface area contributed by atoms with Gasteiger partial charge in [-0.3, -0.25) is 9.69 Å². The first-order valence-corrected chi connectivity index (χ1v) is 13.6. The first-order chi connectivity index (χ1) is 17.5. The molecule has 0 aliphatic carbocycles. The Morgan fingerprint density at radius 1 is 1.33 bits per heavy atom. The molecule has 1 saturated heterocycles. The molecule has 3 atom stereocenters. The Labute approximate surface area is 214 Å². The Balaban J connectivity index is 1.13. The molecule has 0 amide bonds. The Morgan fingerprint density at radius 2 is 2.22 bits per heavy atom. The van der Waals surface area contributed by atoms with Crippen molar-refractivity contribution >= 4 is 11.8 Å². The minimum atomic E-state index is -0.797. The van der Waals surface area contributed by atoms with Crippen molar-refractivity contribution in [3.8, 4) is 5.75 Å². The lowest BCUT2D eigenvalue weighted by molar-refractivity contribution is -0.143. The number of carboxylic acids is 1. The average Bonchev–Trinajstić information content (AvgIpc) is 3.32. The topological polar surface area (TPSA) is 83.9 Å². The number of ether oxygens (including phenoxy) is 2. The summed E-state index contributed by atoms with van der Waals surface area (Å²) < 4.78 is 12.2. The lowest BCUT2D eigenvalue weighted by Gasteiger charge is -2.31. The summed E-state index contributed by atoms with van der Waals surface area (Å²) in [6.45, 7) is 7.94. The zero-order valence-corrected chi connectivity index (χ0v) is 21.6. The van der Waals surface area contributed by atoms with Crippen molar-refractivity contribution in [3.05, 3.63) is 52.2 Å². The Hall–Kier alpha value is -2.64. The molecule has 0 unspecified atom stereocenters. The summed E-state index contributed by atoms with van der Waals surface area (Å²) in [5.74, 6) is 1.50. The number of nitrogens with zero attached hydrogens (tertiary/aromatic N) is 2. The smallest absolute Gasteiger partial charge is 0.325 e. The van der Waals surface area contributed by atoms with E-state index in [9.17, 15) is 9.90 Å². The molecule has 7 heteroatoms. The molecule has 0 spiro atoms. The molecule has 1 aromatic heterocycles. The van der Waals surface area contributed by atoms with Gasteiger partial charge in [0.15, 0.2) is 0 Å². The fraction of sp³-hybridized carbons (Fsp3) is 0.586. The van der Waals surface area contributed by atoms with E-state index >= 15 is 0 Å². The number of hydrogen-bond donors (Lipinski definition) is 2. The van der Waals surface area contributed by atoms with Gasteiger partial charge in [-0.2, -0.15) is 0 Å². The number of aromatic nitrogens is 1. The van der Waals surface area contributed by atoms with Gasteiger partial charge in [0.25, 0.3) is 0 Å². The van der Waals surface area contributed by atoms with Crippen molar-refractivity contribution < 1.29 is 19.4 Å². The van der Waals surface area contributed by atoms with Crippen LogP contribution in [0.25, 0.3) is 0 Å². The zero-order valence-electron chi connectivity index (χ0n) is 21.6. The monoisotopic (exact) mass is 493 g/mol. The summed E-state index contributed by atoms with van der Waals surface area (Å²) in [6.07, 6.45) is 7.06. The number of likely N-dealkylation sites (tertiary alicyclic amines) is 1. The number of unbranched alkanes of at least 4 members (excludes halogenated alkanes) is 1. The van der Waals surface area contributed by atoms with Crippen LogP contribution in [0.3, 0.4) is 0 Å². The summed E-state index contributed by atoms with van der Waals surface area (Å²) >= 11 is 0. The summed E-state index contributed by atoms with van der Waals surface area (Å²) in [4.78, 5) is 19.3. The highest BCUT2D eigenvalue weighted by atomic mass is 16.5. The van der Waals surface area contributed by atoms with E-state index in [0.717, 1.165) is 85.6 Å². The second-order valence-corrected chi connectivity index (χ2v) is 10.8. The number of carboxylic acid groups (broad SMARTS) is 1. The first kappa shape index (κ1) is 25.0. The standard InChI is InChI=1S/C29H39N3O4/c1-19-14-25(24-15-20(2)18-36-26(24)16-19)27(29(33)34)32-12-10-23(17-32)35-13-4-3-7-22-9-8-21-6-5-11-30-28(21)31-22/h8-9,14,16,20,23,27H,3-7,10-13,15,17-18H2,1-2H3,(H,30,31)(H,33,34)/t20-,23-,27+/m1/s1. The van der Waals surface area contributed by atoms with Gasteiger partial charge < -0.3 is 19.9 Å². The molecule has 1 aromatic carbocycles. The third kappa shape index (κ3) is 5.68. The van der Waals surface area contributed by atoms with E-state index in [1.807, 2.05) is 19.1 Å². The molecule has 0 saturated carbocycles. The van der Waals surface area contributed by atoms with E-state index in [-0.39, 0.29) is 6.10 Å². The number of aliphatic carboxylic acids is 1. The van der Waals surface area contributed by atoms with Crippen LogP contribution in [-0.4, -0.2) is 59.9 Å². The summed E-state index contributed by atoms with van der Waals surface area (Å²) in [5, 5.41) is 13.6.